The van der Waals surface area contributed by atoms with E-state index in [1.165, 1.54) is 45.2 Å². The number of carbonyl (C=O) groups excluding carboxylic acids is 4. The van der Waals surface area contributed by atoms with Crippen LogP contribution in [-0.2, 0) is 51.1 Å². The van der Waals surface area contributed by atoms with Gasteiger partial charge in [0.1, 0.15) is 18.7 Å². The number of benzene rings is 2. The summed E-state index contributed by atoms with van der Waals surface area (Å²) in [5, 5.41) is 3.14. The molecule has 2 rings (SSSR count). The van der Waals surface area contributed by atoms with Crippen molar-refractivity contribution in [2.24, 2.45) is 10.7 Å². The van der Waals surface area contributed by atoms with Crippen LogP contribution in [0.25, 0.3) is 0 Å². The average Bonchev–Trinajstić information content (AvgIpc) is 2.93. The summed E-state index contributed by atoms with van der Waals surface area (Å²) in [6.45, 7) is 3.33. The number of likely N-dealkylation sites (N-methyl/N-ethyl adjacent to an activating group) is 1. The highest BCUT2D eigenvalue weighted by Gasteiger charge is 2.32. The molecule has 0 fully saturated rings. The minimum atomic E-state index is -4.06. The molecule has 2 aromatic rings. The summed E-state index contributed by atoms with van der Waals surface area (Å²) < 4.78 is 32.8. The molecule has 16 heteroatoms. The van der Waals surface area contributed by atoms with Crippen molar-refractivity contribution >= 4 is 57.0 Å². The van der Waals surface area contributed by atoms with Gasteiger partial charge in [-0.25, -0.2) is 13.4 Å². The lowest BCUT2D eigenvalue weighted by atomic mass is 10.2. The lowest BCUT2D eigenvalue weighted by Gasteiger charge is -2.28. The summed E-state index contributed by atoms with van der Waals surface area (Å²) in [5.74, 6) is -3.17. The molecule has 14 nitrogen and oxygen atoms in total. The molecular weight excluding hydrogens is 592 g/mol. The molecule has 0 bridgehead atoms. The summed E-state index contributed by atoms with van der Waals surface area (Å²) in [7, 11) is -2.72. The number of sulfonamides is 1. The quantitative estimate of drug-likeness (QED) is 0.114. The van der Waals surface area contributed by atoms with E-state index < -0.39 is 58.2 Å². The van der Waals surface area contributed by atoms with Gasteiger partial charge in [-0.05, 0) is 42.3 Å². The van der Waals surface area contributed by atoms with E-state index in [2.05, 4.69) is 25.3 Å². The number of ether oxygens (including phenoxy) is 1. The van der Waals surface area contributed by atoms with Crippen LogP contribution in [0.4, 0.5) is 5.69 Å². The first-order valence-electron chi connectivity index (χ1n) is 12.5. The highest BCUT2D eigenvalue weighted by atomic mass is 35.5. The third-order valence-corrected chi connectivity index (χ3v) is 7.21. The number of hydrogen-bond donors (Lipinski definition) is 4. The summed E-state index contributed by atoms with van der Waals surface area (Å²) in [5.41, 5.74) is 9.38. The molecule has 0 aliphatic heterocycles. The van der Waals surface area contributed by atoms with Crippen molar-refractivity contribution < 1.29 is 37.2 Å². The van der Waals surface area contributed by atoms with E-state index in [-0.39, 0.29) is 12.5 Å². The van der Waals surface area contributed by atoms with Gasteiger partial charge in [-0.1, -0.05) is 35.9 Å². The zero-order valence-corrected chi connectivity index (χ0v) is 25.0. The Hall–Kier alpha value is -4.21. The van der Waals surface area contributed by atoms with Crippen LogP contribution >= 0.6 is 11.6 Å². The van der Waals surface area contributed by atoms with Crippen LogP contribution in [0.2, 0.25) is 5.02 Å². The van der Waals surface area contributed by atoms with E-state index in [1.807, 2.05) is 0 Å². The number of halogens is 1. The number of nitrogens with zero attached hydrogens (tertiary/aromatic N) is 2. The van der Waals surface area contributed by atoms with E-state index in [4.69, 9.17) is 22.1 Å². The first kappa shape index (κ1) is 34.0. The van der Waals surface area contributed by atoms with Gasteiger partial charge in [-0.15, -0.1) is 0 Å². The standard InChI is InChI=1S/C26H33ClN6O8S/c1-16(24(36)29-13-19-7-11-22(12-8-19)30-26(28)31-41-18(3)35)33(4)25(37)23(14-40-17(2)34)32-42(38,39)15-20-5-9-21(27)10-6-20/h5-12,16,23,32H,13-15H2,1-4H3,(H,29,36)(H3,28,30,31). The molecule has 0 radical (unpaired) electrons. The second-order valence-corrected chi connectivity index (χ2v) is 11.3. The number of nitrogens with one attached hydrogen (secondary N) is 3. The third kappa shape index (κ3) is 11.7. The van der Waals surface area contributed by atoms with Crippen molar-refractivity contribution in [3.8, 4) is 0 Å². The highest BCUT2D eigenvalue weighted by molar-refractivity contribution is 7.88. The molecule has 0 spiro atoms. The molecule has 42 heavy (non-hydrogen) atoms. The molecule has 0 aliphatic carbocycles. The van der Waals surface area contributed by atoms with Crippen molar-refractivity contribution in [1.29, 1.82) is 0 Å². The van der Waals surface area contributed by atoms with E-state index >= 15 is 0 Å². The minimum absolute atomic E-state index is 0.112. The third-order valence-electron chi connectivity index (χ3n) is 5.60. The number of hydrogen-bond acceptors (Lipinski definition) is 9. The maximum absolute atomic E-state index is 13.2. The molecule has 5 N–H and O–H groups in total. The molecule has 2 aromatic carbocycles. The van der Waals surface area contributed by atoms with Crippen molar-refractivity contribution in [3.05, 3.63) is 64.7 Å². The van der Waals surface area contributed by atoms with Crippen molar-refractivity contribution in [2.75, 3.05) is 13.7 Å². The SMILES string of the molecule is CC(=O)OCC(NS(=O)(=O)Cc1ccc(Cl)cc1)C(=O)N(C)C(C)C(=O)NCc1ccc(N=C(N)NOC(C)=O)cc1. The number of amides is 2. The Morgan fingerprint density at radius 1 is 1.00 bits per heavy atom. The van der Waals surface area contributed by atoms with Crippen LogP contribution in [0.1, 0.15) is 31.9 Å². The fourth-order valence-electron chi connectivity index (χ4n) is 3.34. The van der Waals surface area contributed by atoms with E-state index in [1.54, 1.807) is 24.3 Å². The maximum Gasteiger partial charge on any atom is 0.329 e. The maximum atomic E-state index is 13.2. The number of nitrogens with two attached hydrogens (primary N) is 1. The minimum Gasteiger partial charge on any atom is -0.464 e. The topological polar surface area (TPSA) is 199 Å². The van der Waals surface area contributed by atoms with Crippen LogP contribution in [0.15, 0.2) is 53.5 Å². The summed E-state index contributed by atoms with van der Waals surface area (Å²) in [6.07, 6.45) is 0. The van der Waals surface area contributed by atoms with E-state index in [0.29, 0.717) is 21.8 Å². The predicted molar refractivity (Wildman–Crippen MR) is 154 cm³/mol. The lowest BCUT2D eigenvalue weighted by molar-refractivity contribution is -0.146. The number of esters is 1. The predicted octanol–water partition coefficient (Wildman–Crippen LogP) is 0.868. The van der Waals surface area contributed by atoms with Crippen molar-refractivity contribution in [2.45, 2.75) is 45.2 Å². The molecule has 0 aliphatic rings. The monoisotopic (exact) mass is 624 g/mol. The zero-order valence-electron chi connectivity index (χ0n) is 23.4. The molecule has 0 saturated carbocycles. The summed E-state index contributed by atoms with van der Waals surface area (Å²) in [6, 6.07) is 10.3. The highest BCUT2D eigenvalue weighted by Crippen LogP contribution is 2.14. The fourth-order valence-corrected chi connectivity index (χ4v) is 4.78. The lowest BCUT2D eigenvalue weighted by Crippen LogP contribution is -2.55. The second kappa shape index (κ2) is 15.7. The molecule has 228 valence electrons. The van der Waals surface area contributed by atoms with Crippen LogP contribution < -0.4 is 21.3 Å². The first-order chi connectivity index (χ1) is 19.7. The van der Waals surface area contributed by atoms with Crippen molar-refractivity contribution in [3.63, 3.8) is 0 Å². The van der Waals surface area contributed by atoms with E-state index in [9.17, 15) is 27.6 Å². The number of guanidine groups is 1. The first-order valence-corrected chi connectivity index (χ1v) is 14.5. The van der Waals surface area contributed by atoms with Gasteiger partial charge in [-0.3, -0.25) is 19.2 Å². The average molecular weight is 625 g/mol. The van der Waals surface area contributed by atoms with Gasteiger partial charge in [0.25, 0.3) is 0 Å². The van der Waals surface area contributed by atoms with Gasteiger partial charge in [0.05, 0.1) is 11.4 Å². The van der Waals surface area contributed by atoms with Gasteiger partial charge >= 0.3 is 11.9 Å². The summed E-state index contributed by atoms with van der Waals surface area (Å²) in [4.78, 5) is 57.8. The van der Waals surface area contributed by atoms with Crippen LogP contribution in [-0.4, -0.2) is 68.8 Å². The van der Waals surface area contributed by atoms with Gasteiger partial charge in [0.15, 0.2) is 0 Å². The molecule has 0 saturated heterocycles. The fraction of sp³-hybridized carbons (Fsp3) is 0.346. The molecule has 2 amide bonds. The molecule has 2 atom stereocenters. The Labute approximate surface area is 248 Å². The Morgan fingerprint density at radius 3 is 2.17 bits per heavy atom. The summed E-state index contributed by atoms with van der Waals surface area (Å²) >= 11 is 5.85. The Morgan fingerprint density at radius 2 is 1.60 bits per heavy atom. The second-order valence-electron chi connectivity index (χ2n) is 9.06. The van der Waals surface area contributed by atoms with Crippen molar-refractivity contribution in [1.82, 2.24) is 20.4 Å². The van der Waals surface area contributed by atoms with Gasteiger partial charge in [0, 0.05) is 32.5 Å². The van der Waals surface area contributed by atoms with Crippen LogP contribution in [0, 0.1) is 0 Å². The largest absolute Gasteiger partial charge is 0.464 e. The Balaban J connectivity index is 2.02. The van der Waals surface area contributed by atoms with Crippen LogP contribution in [0.5, 0.6) is 0 Å². The molecular formula is C26H33ClN6O8S. The Bertz CT molecular complexity index is 1400. The number of carbonyl (C=O) groups is 4. The van der Waals surface area contributed by atoms with E-state index in [0.717, 1.165) is 11.8 Å². The Kier molecular flexibility index (Phi) is 12.7. The number of aliphatic imine (C=N–C) groups is 1. The molecule has 0 heterocycles. The molecule has 0 aromatic heterocycles. The number of rotatable bonds is 12. The van der Waals surface area contributed by atoms with Gasteiger partial charge in [0.2, 0.25) is 27.8 Å². The normalized spacial score (nSPS) is 12.9. The van der Waals surface area contributed by atoms with Crippen LogP contribution in [0.3, 0.4) is 0 Å². The van der Waals surface area contributed by atoms with Gasteiger partial charge < -0.3 is 25.5 Å². The smallest absolute Gasteiger partial charge is 0.329 e. The number of hydroxylamine groups is 1. The molecule has 2 unspecified atom stereocenters. The zero-order chi connectivity index (χ0) is 31.4. The van der Waals surface area contributed by atoms with Gasteiger partial charge in [-0.2, -0.15) is 10.2 Å².